The third-order valence-electron chi connectivity index (χ3n) is 5.47. The first kappa shape index (κ1) is 23.2. The van der Waals surface area contributed by atoms with Crippen molar-refractivity contribution in [2.45, 2.75) is 43.1 Å². The maximum atomic E-state index is 12.0. The van der Waals surface area contributed by atoms with Crippen molar-refractivity contribution in [2.24, 2.45) is 0 Å². The van der Waals surface area contributed by atoms with E-state index in [1.54, 1.807) is 27.4 Å². The molecule has 1 unspecified atom stereocenters. The largest absolute Gasteiger partial charge is 0.302 e. The Balaban J connectivity index is 1.48. The van der Waals surface area contributed by atoms with Crippen LogP contribution in [-0.4, -0.2) is 51.8 Å². The molecule has 0 spiro atoms. The van der Waals surface area contributed by atoms with Gasteiger partial charge in [0.2, 0.25) is 10.0 Å². The number of benzene rings is 1. The number of allylic oxidation sites excluding steroid dienone is 1. The summed E-state index contributed by atoms with van der Waals surface area (Å²) in [5, 5.41) is 12.8. The molecule has 3 heterocycles. The number of piperidine rings is 1. The molecule has 1 fully saturated rings. The lowest BCUT2D eigenvalue weighted by molar-refractivity contribution is 0.306. The van der Waals surface area contributed by atoms with Crippen LogP contribution in [0.3, 0.4) is 0 Å². The Hall–Kier alpha value is -2.01. The molecule has 1 saturated heterocycles. The molecule has 0 aliphatic carbocycles. The third kappa shape index (κ3) is 5.31. The van der Waals surface area contributed by atoms with Gasteiger partial charge in [0.1, 0.15) is 10.8 Å². The maximum Gasteiger partial charge on any atom is 0.211 e. The Morgan fingerprint density at radius 2 is 2.06 bits per heavy atom. The molecule has 0 N–H and O–H groups in total. The molecule has 4 rings (SSSR count). The number of nitrogens with zero attached hydrogens (tertiary/aromatic N) is 5. The van der Waals surface area contributed by atoms with Gasteiger partial charge in [-0.3, -0.25) is 0 Å². The van der Waals surface area contributed by atoms with Gasteiger partial charge in [-0.25, -0.2) is 17.7 Å². The molecule has 7 nitrogen and oxygen atoms in total. The van der Waals surface area contributed by atoms with Crippen LogP contribution in [0.5, 0.6) is 0 Å². The van der Waals surface area contributed by atoms with Gasteiger partial charge in [-0.1, -0.05) is 47.7 Å². The van der Waals surface area contributed by atoms with E-state index in [2.05, 4.69) is 57.9 Å². The summed E-state index contributed by atoms with van der Waals surface area (Å²) in [6.07, 6.45) is 4.82. The van der Waals surface area contributed by atoms with E-state index < -0.39 is 10.0 Å². The lowest BCUT2D eigenvalue weighted by Gasteiger charge is -2.30. The predicted molar refractivity (Wildman–Crippen MR) is 130 cm³/mol. The molecule has 1 aliphatic heterocycles. The molecule has 2 aromatic heterocycles. The summed E-state index contributed by atoms with van der Waals surface area (Å²) < 4.78 is 27.6. The van der Waals surface area contributed by atoms with Gasteiger partial charge in [-0.2, -0.15) is 0 Å². The van der Waals surface area contributed by atoms with E-state index in [9.17, 15) is 8.42 Å². The second kappa shape index (κ2) is 9.86. The zero-order chi connectivity index (χ0) is 22.7. The molecule has 1 aromatic carbocycles. The second-order valence-corrected chi connectivity index (χ2v) is 11.8. The maximum absolute atomic E-state index is 12.0. The van der Waals surface area contributed by atoms with E-state index in [-0.39, 0.29) is 5.92 Å². The molecular weight excluding hydrogens is 462 g/mol. The first-order chi connectivity index (χ1) is 15.3. The van der Waals surface area contributed by atoms with Crippen molar-refractivity contribution in [3.63, 3.8) is 0 Å². The highest BCUT2D eigenvalue weighted by Crippen LogP contribution is 2.31. The van der Waals surface area contributed by atoms with Gasteiger partial charge in [0, 0.05) is 42.2 Å². The fourth-order valence-electron chi connectivity index (χ4n) is 3.80. The highest BCUT2D eigenvalue weighted by atomic mass is 32.2. The van der Waals surface area contributed by atoms with E-state index >= 15 is 0 Å². The van der Waals surface area contributed by atoms with Gasteiger partial charge in [0.25, 0.3) is 0 Å². The molecule has 0 amide bonds. The van der Waals surface area contributed by atoms with Crippen LogP contribution in [0.1, 0.15) is 35.8 Å². The molecule has 10 heteroatoms. The van der Waals surface area contributed by atoms with Crippen molar-refractivity contribution in [3.8, 4) is 10.6 Å². The highest BCUT2D eigenvalue weighted by Gasteiger charge is 2.30. The number of thioether (sulfide) groups is 1. The van der Waals surface area contributed by atoms with Crippen molar-refractivity contribution < 1.29 is 8.42 Å². The third-order valence-corrected chi connectivity index (χ3v) is 8.69. The van der Waals surface area contributed by atoms with Crippen molar-refractivity contribution in [2.75, 3.05) is 19.3 Å². The van der Waals surface area contributed by atoms with E-state index in [1.807, 2.05) is 6.08 Å². The first-order valence-electron chi connectivity index (χ1n) is 10.5. The molecule has 170 valence electrons. The fourth-order valence-corrected chi connectivity index (χ4v) is 6.49. The summed E-state index contributed by atoms with van der Waals surface area (Å²) in [5.74, 6) is 1.56. The molecule has 1 atom stereocenters. The summed E-state index contributed by atoms with van der Waals surface area (Å²) in [7, 11) is -3.21. The molecule has 32 heavy (non-hydrogen) atoms. The lowest BCUT2D eigenvalue weighted by atomic mass is 9.99. The molecule has 0 radical (unpaired) electrons. The van der Waals surface area contributed by atoms with E-state index in [0.29, 0.717) is 25.4 Å². The number of rotatable bonds is 8. The van der Waals surface area contributed by atoms with Crippen molar-refractivity contribution in [1.29, 1.82) is 0 Å². The van der Waals surface area contributed by atoms with Crippen molar-refractivity contribution in [3.05, 3.63) is 59.4 Å². The minimum absolute atomic E-state index is 0.0349. The number of hydrogen-bond acceptors (Lipinski definition) is 7. The summed E-state index contributed by atoms with van der Waals surface area (Å²) >= 11 is 3.24. The predicted octanol–water partition coefficient (Wildman–Crippen LogP) is 4.33. The fraction of sp³-hybridized carbons (Fsp3) is 0.409. The summed E-state index contributed by atoms with van der Waals surface area (Å²) in [6, 6.07) is 8.39. The van der Waals surface area contributed by atoms with Gasteiger partial charge >= 0.3 is 0 Å². The summed E-state index contributed by atoms with van der Waals surface area (Å²) in [4.78, 5) is 4.78. The molecule has 0 saturated carbocycles. The SMILES string of the molecule is C=CCn1c(SCc2csc(-c3ccc(C)cc3)n2)nnc1C1CCCN(S(C)(=O)=O)C1. The van der Waals surface area contributed by atoms with E-state index in [1.165, 1.54) is 11.8 Å². The van der Waals surface area contributed by atoms with Crippen LogP contribution < -0.4 is 0 Å². The molecule has 0 bridgehead atoms. The van der Waals surface area contributed by atoms with Crippen molar-refractivity contribution in [1.82, 2.24) is 24.1 Å². The van der Waals surface area contributed by atoms with Crippen LogP contribution in [0.4, 0.5) is 0 Å². The van der Waals surface area contributed by atoms with Crippen LogP contribution >= 0.6 is 23.1 Å². The number of sulfonamides is 1. The Morgan fingerprint density at radius 3 is 2.78 bits per heavy atom. The Labute approximate surface area is 197 Å². The van der Waals surface area contributed by atoms with Gasteiger partial charge in [-0.15, -0.1) is 28.1 Å². The van der Waals surface area contributed by atoms with Gasteiger partial charge in [0.15, 0.2) is 5.16 Å². The van der Waals surface area contributed by atoms with Crippen LogP contribution in [0.25, 0.3) is 10.6 Å². The lowest BCUT2D eigenvalue weighted by Crippen LogP contribution is -2.39. The Bertz CT molecular complexity index is 1180. The molecular formula is C22H27N5O2S3. The van der Waals surface area contributed by atoms with Crippen LogP contribution in [0, 0.1) is 6.92 Å². The van der Waals surface area contributed by atoms with Crippen LogP contribution in [0.15, 0.2) is 47.5 Å². The van der Waals surface area contributed by atoms with Crippen LogP contribution in [-0.2, 0) is 22.3 Å². The normalized spacial score (nSPS) is 17.5. The number of aryl methyl sites for hydroxylation is 1. The van der Waals surface area contributed by atoms with Gasteiger partial charge in [-0.05, 0) is 19.8 Å². The average Bonchev–Trinajstić information content (AvgIpc) is 3.40. The van der Waals surface area contributed by atoms with E-state index in [4.69, 9.17) is 4.98 Å². The van der Waals surface area contributed by atoms with Gasteiger partial charge in [0.05, 0.1) is 11.9 Å². The number of aromatic nitrogens is 4. The Morgan fingerprint density at radius 1 is 1.28 bits per heavy atom. The molecule has 3 aromatic rings. The smallest absolute Gasteiger partial charge is 0.211 e. The number of hydrogen-bond donors (Lipinski definition) is 0. The van der Waals surface area contributed by atoms with Crippen LogP contribution in [0.2, 0.25) is 0 Å². The molecule has 1 aliphatic rings. The summed E-state index contributed by atoms with van der Waals surface area (Å²) in [6.45, 7) is 7.56. The number of thiazole rings is 1. The van der Waals surface area contributed by atoms with E-state index in [0.717, 1.165) is 40.1 Å². The summed E-state index contributed by atoms with van der Waals surface area (Å²) in [5.41, 5.74) is 3.36. The highest BCUT2D eigenvalue weighted by molar-refractivity contribution is 7.98. The standard InChI is InChI=1S/C22H27N5O2S3/c1-4-11-27-20(18-6-5-12-26(13-18)32(3,28)29)24-25-22(27)31-15-19-14-30-21(23-19)17-9-7-16(2)8-10-17/h4,7-10,14,18H,1,5-6,11-13,15H2,2-3H3. The minimum Gasteiger partial charge on any atom is -0.302 e. The topological polar surface area (TPSA) is 81.0 Å². The van der Waals surface area contributed by atoms with Crippen molar-refractivity contribution >= 4 is 33.1 Å². The average molecular weight is 490 g/mol. The first-order valence-corrected chi connectivity index (χ1v) is 14.2. The minimum atomic E-state index is -3.21. The quantitative estimate of drug-likeness (QED) is 0.346. The second-order valence-electron chi connectivity index (χ2n) is 8.00. The Kier molecular flexibility index (Phi) is 7.14. The monoisotopic (exact) mass is 489 g/mol. The zero-order valence-electron chi connectivity index (χ0n) is 18.3. The zero-order valence-corrected chi connectivity index (χ0v) is 20.7. The van der Waals surface area contributed by atoms with Gasteiger partial charge < -0.3 is 4.57 Å².